The average Bonchev–Trinajstić information content (AvgIpc) is 3.23. The van der Waals surface area contributed by atoms with Gasteiger partial charge in [-0.15, -0.1) is 5.10 Å². The van der Waals surface area contributed by atoms with Gasteiger partial charge >= 0.3 is 0 Å². The smallest absolute Gasteiger partial charge is 0.253 e. The van der Waals surface area contributed by atoms with E-state index in [9.17, 15) is 9.59 Å². The predicted octanol–water partition coefficient (Wildman–Crippen LogP) is 5.32. The molecule has 2 amide bonds. The Morgan fingerprint density at radius 1 is 0.939 bits per heavy atom. The highest BCUT2D eigenvalue weighted by Gasteiger charge is 2.14. The standard InChI is InChI=1S/C24H20N4O2S3/c29-21(16-32-23-27-28(24(31)33-23)18-11-5-2-6-12-18)26-20-14-8-7-13-19(20)22(30)25-15-17-9-3-1-4-10-17/h1-14H,15-16H2,(H,25,30)(H,26,29). The van der Waals surface area contributed by atoms with Crippen molar-refractivity contribution in [1.82, 2.24) is 15.1 Å². The summed E-state index contributed by atoms with van der Waals surface area (Å²) in [5, 5.41) is 10.2. The highest BCUT2D eigenvalue weighted by Crippen LogP contribution is 2.24. The number of benzene rings is 3. The molecule has 3 aromatic carbocycles. The molecule has 0 unspecified atom stereocenters. The van der Waals surface area contributed by atoms with E-state index in [0.717, 1.165) is 11.3 Å². The minimum absolute atomic E-state index is 0.150. The first-order valence-corrected chi connectivity index (χ1v) is 12.3. The van der Waals surface area contributed by atoms with E-state index in [0.29, 0.717) is 26.1 Å². The maximum Gasteiger partial charge on any atom is 0.253 e. The fourth-order valence-electron chi connectivity index (χ4n) is 3.03. The van der Waals surface area contributed by atoms with Gasteiger partial charge in [0, 0.05) is 6.54 Å². The second-order valence-corrected chi connectivity index (χ2v) is 9.78. The van der Waals surface area contributed by atoms with E-state index in [-0.39, 0.29) is 17.6 Å². The Hall–Kier alpha value is -3.27. The molecule has 0 fully saturated rings. The molecule has 0 aliphatic rings. The monoisotopic (exact) mass is 492 g/mol. The van der Waals surface area contributed by atoms with Crippen LogP contribution in [0.25, 0.3) is 5.69 Å². The maximum absolute atomic E-state index is 12.7. The minimum Gasteiger partial charge on any atom is -0.348 e. The van der Waals surface area contributed by atoms with Crippen molar-refractivity contribution >= 4 is 52.8 Å². The number of thioether (sulfide) groups is 1. The predicted molar refractivity (Wildman–Crippen MR) is 136 cm³/mol. The molecule has 0 atom stereocenters. The zero-order valence-corrected chi connectivity index (χ0v) is 19.9. The number of anilines is 1. The van der Waals surface area contributed by atoms with E-state index in [4.69, 9.17) is 12.2 Å². The van der Waals surface area contributed by atoms with Gasteiger partial charge in [0.05, 0.1) is 22.7 Å². The summed E-state index contributed by atoms with van der Waals surface area (Å²) in [4.78, 5) is 25.3. The number of aromatic nitrogens is 2. The largest absolute Gasteiger partial charge is 0.348 e. The molecule has 0 saturated carbocycles. The topological polar surface area (TPSA) is 76.0 Å². The SMILES string of the molecule is O=C(CSc1nn(-c2ccccc2)c(=S)s1)Nc1ccccc1C(=O)NCc1ccccc1. The zero-order valence-electron chi connectivity index (χ0n) is 17.4. The van der Waals surface area contributed by atoms with E-state index >= 15 is 0 Å². The second-order valence-electron chi connectivity index (χ2n) is 6.93. The lowest BCUT2D eigenvalue weighted by molar-refractivity contribution is -0.113. The molecular weight excluding hydrogens is 472 g/mol. The van der Waals surface area contributed by atoms with Crippen molar-refractivity contribution in [2.45, 2.75) is 10.9 Å². The summed E-state index contributed by atoms with van der Waals surface area (Å²) < 4.78 is 3.00. The third-order valence-electron chi connectivity index (χ3n) is 4.60. The molecular formula is C24H20N4O2S3. The Morgan fingerprint density at radius 2 is 1.61 bits per heavy atom. The number of hydrogen-bond acceptors (Lipinski definition) is 6. The summed E-state index contributed by atoms with van der Waals surface area (Å²) in [6.45, 7) is 0.409. The number of hydrogen-bond donors (Lipinski definition) is 2. The summed E-state index contributed by atoms with van der Waals surface area (Å²) in [6.07, 6.45) is 0. The Bertz CT molecular complexity index is 1300. The fourth-order valence-corrected chi connectivity index (χ4v) is 5.19. The molecule has 4 aromatic rings. The summed E-state index contributed by atoms with van der Waals surface area (Å²) >= 11 is 8.07. The van der Waals surface area contributed by atoms with Crippen LogP contribution in [0, 0.1) is 3.95 Å². The molecule has 166 valence electrons. The van der Waals surface area contributed by atoms with Crippen LogP contribution in [0.4, 0.5) is 5.69 Å². The molecule has 33 heavy (non-hydrogen) atoms. The normalized spacial score (nSPS) is 10.5. The Kier molecular flexibility index (Phi) is 7.66. The van der Waals surface area contributed by atoms with Crippen molar-refractivity contribution < 1.29 is 9.59 Å². The van der Waals surface area contributed by atoms with Gasteiger partial charge in [0.15, 0.2) is 8.29 Å². The average molecular weight is 493 g/mol. The first-order valence-electron chi connectivity index (χ1n) is 10.1. The molecule has 9 heteroatoms. The highest BCUT2D eigenvalue weighted by atomic mass is 32.2. The molecule has 1 heterocycles. The molecule has 1 aromatic heterocycles. The number of amides is 2. The van der Waals surface area contributed by atoms with Gasteiger partial charge in [-0.25, -0.2) is 4.68 Å². The van der Waals surface area contributed by atoms with Crippen molar-refractivity contribution in [3.63, 3.8) is 0 Å². The minimum atomic E-state index is -0.248. The molecule has 0 aliphatic heterocycles. The van der Waals surface area contributed by atoms with Gasteiger partial charge in [-0.1, -0.05) is 83.8 Å². The number of nitrogens with zero attached hydrogens (tertiary/aromatic N) is 2. The lowest BCUT2D eigenvalue weighted by atomic mass is 10.1. The maximum atomic E-state index is 12.7. The summed E-state index contributed by atoms with van der Waals surface area (Å²) in [7, 11) is 0. The van der Waals surface area contributed by atoms with E-state index in [1.54, 1.807) is 28.9 Å². The fraction of sp³-hybridized carbons (Fsp3) is 0.0833. The van der Waals surface area contributed by atoms with Gasteiger partial charge in [-0.2, -0.15) is 0 Å². The zero-order chi connectivity index (χ0) is 23.0. The first-order chi connectivity index (χ1) is 16.1. The van der Waals surface area contributed by atoms with Crippen LogP contribution in [0.3, 0.4) is 0 Å². The summed E-state index contributed by atoms with van der Waals surface area (Å²) in [5.41, 5.74) is 2.76. The van der Waals surface area contributed by atoms with Crippen LogP contribution in [-0.4, -0.2) is 27.3 Å². The van der Waals surface area contributed by atoms with Crippen LogP contribution in [-0.2, 0) is 11.3 Å². The summed E-state index contributed by atoms with van der Waals surface area (Å²) in [6, 6.07) is 26.2. The van der Waals surface area contributed by atoms with Crippen LogP contribution < -0.4 is 10.6 Å². The molecule has 0 bridgehead atoms. The molecule has 2 N–H and O–H groups in total. The van der Waals surface area contributed by atoms with Crippen molar-refractivity contribution in [3.8, 4) is 5.69 Å². The molecule has 0 aliphatic carbocycles. The molecule has 0 radical (unpaired) electrons. The van der Waals surface area contributed by atoms with Gasteiger partial charge in [0.25, 0.3) is 5.91 Å². The second kappa shape index (κ2) is 11.0. The Labute approximate surface area is 204 Å². The van der Waals surface area contributed by atoms with E-state index < -0.39 is 0 Å². The van der Waals surface area contributed by atoms with Gasteiger partial charge in [0.2, 0.25) is 5.91 Å². The van der Waals surface area contributed by atoms with Crippen LogP contribution >= 0.6 is 35.3 Å². The number of carbonyl (C=O) groups is 2. The summed E-state index contributed by atoms with van der Waals surface area (Å²) in [5.74, 6) is -0.325. The molecule has 0 spiro atoms. The van der Waals surface area contributed by atoms with E-state index in [1.165, 1.54) is 23.1 Å². The van der Waals surface area contributed by atoms with Crippen LogP contribution in [0.1, 0.15) is 15.9 Å². The Morgan fingerprint density at radius 3 is 2.36 bits per heavy atom. The van der Waals surface area contributed by atoms with Crippen LogP contribution in [0.5, 0.6) is 0 Å². The molecule has 6 nitrogen and oxygen atoms in total. The van der Waals surface area contributed by atoms with E-state index in [1.807, 2.05) is 60.7 Å². The van der Waals surface area contributed by atoms with Gasteiger partial charge < -0.3 is 10.6 Å². The van der Waals surface area contributed by atoms with Gasteiger partial charge in [-0.05, 0) is 42.0 Å². The molecule has 4 rings (SSSR count). The van der Waals surface area contributed by atoms with E-state index in [2.05, 4.69) is 15.7 Å². The number of nitrogens with one attached hydrogen (secondary N) is 2. The third kappa shape index (κ3) is 6.16. The highest BCUT2D eigenvalue weighted by molar-refractivity contribution is 8.01. The lowest BCUT2D eigenvalue weighted by Gasteiger charge is -2.11. The van der Waals surface area contributed by atoms with Gasteiger partial charge in [-0.3, -0.25) is 9.59 Å². The third-order valence-corrected chi connectivity index (χ3v) is 6.96. The first kappa shape index (κ1) is 22.9. The quantitative estimate of drug-likeness (QED) is 0.257. The Balaban J connectivity index is 1.36. The van der Waals surface area contributed by atoms with Gasteiger partial charge in [0.1, 0.15) is 0 Å². The lowest BCUT2D eigenvalue weighted by Crippen LogP contribution is -2.25. The van der Waals surface area contributed by atoms with Crippen LogP contribution in [0.2, 0.25) is 0 Å². The molecule has 0 saturated heterocycles. The van der Waals surface area contributed by atoms with Crippen LogP contribution in [0.15, 0.2) is 89.3 Å². The van der Waals surface area contributed by atoms with Crippen molar-refractivity contribution in [3.05, 3.63) is 100 Å². The number of para-hydroxylation sites is 2. The number of carbonyl (C=O) groups excluding carboxylic acids is 2. The van der Waals surface area contributed by atoms with Crippen molar-refractivity contribution in [1.29, 1.82) is 0 Å². The van der Waals surface area contributed by atoms with Crippen molar-refractivity contribution in [2.24, 2.45) is 0 Å². The van der Waals surface area contributed by atoms with Crippen molar-refractivity contribution in [2.75, 3.05) is 11.1 Å². The number of rotatable bonds is 8.